The topological polar surface area (TPSA) is 73.8 Å². The van der Waals surface area contributed by atoms with Crippen LogP contribution in [0.4, 0.5) is 0 Å². The molecule has 0 saturated carbocycles. The highest BCUT2D eigenvalue weighted by atomic mass is 35.5. The lowest BCUT2D eigenvalue weighted by Gasteiger charge is -2.00. The van der Waals surface area contributed by atoms with Crippen LogP contribution in [-0.4, -0.2) is 20.4 Å². The molecule has 2 heterocycles. The summed E-state index contributed by atoms with van der Waals surface area (Å²) in [5.41, 5.74) is 8.60. The summed E-state index contributed by atoms with van der Waals surface area (Å²) in [6, 6.07) is 14.9. The number of nitrogens with two attached hydrogens (primary N) is 1. The molecule has 0 fully saturated rings. The maximum Gasteiger partial charge on any atom is 0.261 e. The molecule has 7 heteroatoms. The van der Waals surface area contributed by atoms with Crippen LogP contribution in [-0.2, 0) is 0 Å². The van der Waals surface area contributed by atoms with E-state index >= 15 is 0 Å². The van der Waals surface area contributed by atoms with E-state index in [9.17, 15) is 4.79 Å². The number of fused-ring (bicyclic) bond motifs is 1. The van der Waals surface area contributed by atoms with Gasteiger partial charge in [0, 0.05) is 10.6 Å². The molecular formula is C17H11ClN4OS. The highest BCUT2D eigenvalue weighted by Crippen LogP contribution is 2.32. The Morgan fingerprint density at radius 3 is 2.79 bits per heavy atom. The molecule has 1 amide bonds. The first-order chi connectivity index (χ1) is 11.6. The van der Waals surface area contributed by atoms with Crippen molar-refractivity contribution in [2.75, 3.05) is 0 Å². The van der Waals surface area contributed by atoms with Gasteiger partial charge in [0.15, 0.2) is 5.13 Å². The summed E-state index contributed by atoms with van der Waals surface area (Å²) in [4.78, 5) is 21.2. The zero-order valence-electron chi connectivity index (χ0n) is 12.3. The Labute approximate surface area is 146 Å². The number of halogens is 1. The molecule has 0 aliphatic heterocycles. The van der Waals surface area contributed by atoms with Gasteiger partial charge in [0.2, 0.25) is 0 Å². The van der Waals surface area contributed by atoms with Crippen LogP contribution < -0.4 is 5.73 Å². The van der Waals surface area contributed by atoms with Crippen molar-refractivity contribution >= 4 is 39.9 Å². The highest BCUT2D eigenvalue weighted by molar-refractivity contribution is 7.16. The number of para-hydroxylation sites is 2. The minimum absolute atomic E-state index is 0.394. The average molecular weight is 355 g/mol. The molecule has 2 N–H and O–H groups in total. The first-order valence-corrected chi connectivity index (χ1v) is 8.32. The predicted molar refractivity (Wildman–Crippen MR) is 95.7 cm³/mol. The maximum absolute atomic E-state index is 11.9. The van der Waals surface area contributed by atoms with Gasteiger partial charge in [-0.1, -0.05) is 47.2 Å². The number of amides is 1. The molecule has 4 aromatic rings. The number of carbonyl (C=O) groups is 1. The standard InChI is InChI=1S/C17H11ClN4OS/c18-11-5-3-4-10(8-11)14-15(16(19)23)24-17(21-14)22-9-20-12-6-1-2-7-13(12)22/h1-9H,(H2,19,23). The third kappa shape index (κ3) is 2.46. The number of nitrogens with zero attached hydrogens (tertiary/aromatic N) is 3. The Morgan fingerprint density at radius 1 is 1.17 bits per heavy atom. The molecule has 0 unspecified atom stereocenters. The zero-order chi connectivity index (χ0) is 16.7. The van der Waals surface area contributed by atoms with Crippen molar-refractivity contribution in [1.82, 2.24) is 14.5 Å². The molecular weight excluding hydrogens is 344 g/mol. The summed E-state index contributed by atoms with van der Waals surface area (Å²) in [6.45, 7) is 0. The van der Waals surface area contributed by atoms with Crippen molar-refractivity contribution in [2.24, 2.45) is 5.73 Å². The minimum atomic E-state index is -0.516. The van der Waals surface area contributed by atoms with Gasteiger partial charge in [-0.2, -0.15) is 0 Å². The molecule has 0 radical (unpaired) electrons. The highest BCUT2D eigenvalue weighted by Gasteiger charge is 2.19. The van der Waals surface area contributed by atoms with Gasteiger partial charge >= 0.3 is 0 Å². The van der Waals surface area contributed by atoms with Crippen LogP contribution in [0.2, 0.25) is 5.02 Å². The zero-order valence-corrected chi connectivity index (χ0v) is 13.9. The van der Waals surface area contributed by atoms with Gasteiger partial charge in [-0.25, -0.2) is 9.97 Å². The number of thiazole rings is 1. The Morgan fingerprint density at radius 2 is 2.00 bits per heavy atom. The van der Waals surface area contributed by atoms with Gasteiger partial charge in [0.1, 0.15) is 11.2 Å². The molecule has 0 saturated heterocycles. The van der Waals surface area contributed by atoms with Crippen LogP contribution in [0.15, 0.2) is 54.9 Å². The smallest absolute Gasteiger partial charge is 0.261 e. The van der Waals surface area contributed by atoms with Crippen molar-refractivity contribution in [3.05, 3.63) is 64.8 Å². The SMILES string of the molecule is NC(=O)c1sc(-n2cnc3ccccc32)nc1-c1cccc(Cl)c1. The molecule has 118 valence electrons. The number of carbonyl (C=O) groups excluding carboxylic acids is 1. The summed E-state index contributed by atoms with van der Waals surface area (Å²) < 4.78 is 1.85. The quantitative estimate of drug-likeness (QED) is 0.606. The largest absolute Gasteiger partial charge is 0.365 e. The number of hydrogen-bond donors (Lipinski definition) is 1. The van der Waals surface area contributed by atoms with E-state index < -0.39 is 5.91 Å². The van der Waals surface area contributed by atoms with Crippen molar-refractivity contribution in [2.45, 2.75) is 0 Å². The second kappa shape index (κ2) is 5.74. The fraction of sp³-hybridized carbons (Fsp3) is 0. The van der Waals surface area contributed by atoms with Gasteiger partial charge in [0.25, 0.3) is 5.91 Å². The molecule has 24 heavy (non-hydrogen) atoms. The van der Waals surface area contributed by atoms with Crippen LogP contribution in [0.1, 0.15) is 9.67 Å². The van der Waals surface area contributed by atoms with E-state index in [0.717, 1.165) is 16.6 Å². The molecule has 2 aromatic heterocycles. The predicted octanol–water partition coefficient (Wildman–Crippen LogP) is 3.90. The Bertz CT molecular complexity index is 1070. The van der Waals surface area contributed by atoms with Crippen LogP contribution in [0.5, 0.6) is 0 Å². The second-order valence-corrected chi connectivity index (χ2v) is 6.57. The Hall–Kier alpha value is -2.70. The fourth-order valence-electron chi connectivity index (χ4n) is 2.52. The number of aromatic nitrogens is 3. The summed E-state index contributed by atoms with van der Waals surface area (Å²) in [7, 11) is 0. The monoisotopic (exact) mass is 354 g/mol. The first-order valence-electron chi connectivity index (χ1n) is 7.12. The summed E-state index contributed by atoms with van der Waals surface area (Å²) >= 11 is 7.29. The van der Waals surface area contributed by atoms with Crippen LogP contribution in [0, 0.1) is 0 Å². The van der Waals surface area contributed by atoms with E-state index in [1.54, 1.807) is 18.5 Å². The van der Waals surface area contributed by atoms with E-state index in [1.807, 2.05) is 41.0 Å². The minimum Gasteiger partial charge on any atom is -0.365 e. The van der Waals surface area contributed by atoms with E-state index in [1.165, 1.54) is 11.3 Å². The normalized spacial score (nSPS) is 11.0. The van der Waals surface area contributed by atoms with Gasteiger partial charge in [-0.3, -0.25) is 9.36 Å². The van der Waals surface area contributed by atoms with Gasteiger partial charge < -0.3 is 5.73 Å². The Kier molecular flexibility index (Phi) is 3.55. The number of primary amides is 1. The lowest BCUT2D eigenvalue weighted by atomic mass is 10.1. The molecule has 4 rings (SSSR count). The molecule has 0 aliphatic rings. The fourth-order valence-corrected chi connectivity index (χ4v) is 3.64. The van der Waals surface area contributed by atoms with E-state index in [-0.39, 0.29) is 0 Å². The maximum atomic E-state index is 11.9. The number of rotatable bonds is 3. The number of imidazole rings is 1. The molecule has 0 aliphatic carbocycles. The van der Waals surface area contributed by atoms with Crippen LogP contribution in [0.25, 0.3) is 27.4 Å². The molecule has 2 aromatic carbocycles. The van der Waals surface area contributed by atoms with Crippen molar-refractivity contribution in [3.63, 3.8) is 0 Å². The summed E-state index contributed by atoms with van der Waals surface area (Å²) in [5, 5.41) is 1.21. The third-order valence-electron chi connectivity index (χ3n) is 3.60. The number of hydrogen-bond acceptors (Lipinski definition) is 4. The van der Waals surface area contributed by atoms with E-state index in [4.69, 9.17) is 17.3 Å². The molecule has 5 nitrogen and oxygen atoms in total. The molecule has 0 bridgehead atoms. The third-order valence-corrected chi connectivity index (χ3v) is 4.90. The summed E-state index contributed by atoms with van der Waals surface area (Å²) in [6.07, 6.45) is 1.69. The van der Waals surface area contributed by atoms with Gasteiger partial charge in [0.05, 0.1) is 16.7 Å². The summed E-state index contributed by atoms with van der Waals surface area (Å²) in [5.74, 6) is -0.516. The van der Waals surface area contributed by atoms with Crippen LogP contribution >= 0.6 is 22.9 Å². The second-order valence-electron chi connectivity index (χ2n) is 5.15. The van der Waals surface area contributed by atoms with E-state index in [2.05, 4.69) is 9.97 Å². The van der Waals surface area contributed by atoms with Crippen LogP contribution in [0.3, 0.4) is 0 Å². The van der Waals surface area contributed by atoms with Crippen molar-refractivity contribution in [3.8, 4) is 16.4 Å². The van der Waals surface area contributed by atoms with E-state index in [0.29, 0.717) is 20.7 Å². The van der Waals surface area contributed by atoms with Crippen molar-refractivity contribution < 1.29 is 4.79 Å². The van der Waals surface area contributed by atoms with Gasteiger partial charge in [-0.05, 0) is 24.3 Å². The lowest BCUT2D eigenvalue weighted by Crippen LogP contribution is -2.10. The molecule has 0 atom stereocenters. The lowest BCUT2D eigenvalue weighted by molar-refractivity contribution is 0.100. The Balaban J connectivity index is 1.92. The van der Waals surface area contributed by atoms with Gasteiger partial charge in [-0.15, -0.1) is 0 Å². The number of benzene rings is 2. The molecule has 0 spiro atoms. The average Bonchev–Trinajstić information content (AvgIpc) is 3.19. The first kappa shape index (κ1) is 14.9. The van der Waals surface area contributed by atoms with Crippen molar-refractivity contribution in [1.29, 1.82) is 0 Å².